The fourth-order valence-corrected chi connectivity index (χ4v) is 7.45. The highest BCUT2D eigenvalue weighted by molar-refractivity contribution is 9.12. The van der Waals surface area contributed by atoms with E-state index in [1.54, 1.807) is 36.4 Å². The number of benzene rings is 2. The highest BCUT2D eigenvalue weighted by Crippen LogP contribution is 2.60. The van der Waals surface area contributed by atoms with Crippen molar-refractivity contribution in [1.29, 1.82) is 0 Å². The Bertz CT molecular complexity index is 1130. The molecular weight excluding hydrogens is 622 g/mol. The molecule has 2 aliphatic carbocycles. The SMILES string of the molecule is O=C(COC(=O)c1cccc(N2C(=O)[C@@H]3[C@@H]4C[C@H]([C@H](Br)[C@@H]4Br)[C@@H]3C2=O)c1)c1ccc(Br)cc1. The maximum atomic E-state index is 13.2. The highest BCUT2D eigenvalue weighted by Gasteiger charge is 2.66. The summed E-state index contributed by atoms with van der Waals surface area (Å²) in [5, 5.41) is 0. The topological polar surface area (TPSA) is 80.8 Å². The van der Waals surface area contributed by atoms with Crippen LogP contribution in [0.4, 0.5) is 5.69 Å². The number of esters is 1. The molecular formula is C24H18Br3NO5. The van der Waals surface area contributed by atoms with Crippen LogP contribution in [0.5, 0.6) is 0 Å². The van der Waals surface area contributed by atoms with E-state index in [1.165, 1.54) is 17.0 Å². The van der Waals surface area contributed by atoms with Gasteiger partial charge in [0.15, 0.2) is 12.4 Å². The van der Waals surface area contributed by atoms with Crippen molar-refractivity contribution in [3.63, 3.8) is 0 Å². The standard InChI is InChI=1S/C24H18Br3NO5/c25-13-6-4-11(5-7-13)17(29)10-33-24(32)12-2-1-3-14(8-12)28-22(30)18-15-9-16(19(18)23(28)31)21(27)20(15)26/h1-8,15-16,18-21H,9-10H2/t15-,16-,18-,19+,20-,21+/m0/s1. The summed E-state index contributed by atoms with van der Waals surface area (Å²) in [7, 11) is 0. The third kappa shape index (κ3) is 3.82. The van der Waals surface area contributed by atoms with E-state index in [4.69, 9.17) is 4.74 Å². The van der Waals surface area contributed by atoms with Gasteiger partial charge in [0.25, 0.3) is 0 Å². The number of Topliss-reactive ketones (excluding diaryl/α,β-unsaturated/α-hetero) is 1. The molecule has 2 aromatic carbocycles. The number of alkyl halides is 2. The van der Waals surface area contributed by atoms with Crippen molar-refractivity contribution in [3.8, 4) is 0 Å². The van der Waals surface area contributed by atoms with Crippen molar-refractivity contribution in [3.05, 3.63) is 64.1 Å². The number of carbonyl (C=O) groups is 4. The number of hydrogen-bond acceptors (Lipinski definition) is 5. The summed E-state index contributed by atoms with van der Waals surface area (Å²) in [6.07, 6.45) is 0.852. The number of hydrogen-bond donors (Lipinski definition) is 0. The van der Waals surface area contributed by atoms with Crippen LogP contribution in [0.1, 0.15) is 27.1 Å². The van der Waals surface area contributed by atoms with Crippen molar-refractivity contribution in [2.45, 2.75) is 16.1 Å². The number of ether oxygens (including phenoxy) is 1. The second kappa shape index (κ2) is 8.74. The Morgan fingerprint density at radius 1 is 0.909 bits per heavy atom. The minimum absolute atomic E-state index is 0.114. The average Bonchev–Trinajstić information content (AvgIpc) is 3.42. The molecule has 0 unspecified atom stereocenters. The Hall–Kier alpha value is -1.84. The molecule has 1 saturated heterocycles. The van der Waals surface area contributed by atoms with Crippen molar-refractivity contribution in [2.24, 2.45) is 23.7 Å². The van der Waals surface area contributed by atoms with Gasteiger partial charge in [0.1, 0.15) is 0 Å². The lowest BCUT2D eigenvalue weighted by molar-refractivity contribution is -0.123. The van der Waals surface area contributed by atoms with E-state index in [-0.39, 0.29) is 56.5 Å². The third-order valence-electron chi connectivity index (χ3n) is 6.83. The van der Waals surface area contributed by atoms with E-state index in [1.807, 2.05) is 0 Å². The smallest absolute Gasteiger partial charge is 0.338 e. The molecule has 170 valence electrons. The molecule has 0 aromatic heterocycles. The number of rotatable bonds is 5. The summed E-state index contributed by atoms with van der Waals surface area (Å²) in [5.41, 5.74) is 0.961. The molecule has 3 fully saturated rings. The zero-order valence-electron chi connectivity index (χ0n) is 17.1. The Morgan fingerprint density at radius 2 is 1.52 bits per heavy atom. The summed E-state index contributed by atoms with van der Waals surface area (Å²) < 4.78 is 6.03. The average molecular weight is 640 g/mol. The molecule has 6 atom stereocenters. The van der Waals surface area contributed by atoms with Gasteiger partial charge in [-0.3, -0.25) is 19.3 Å². The maximum Gasteiger partial charge on any atom is 0.338 e. The van der Waals surface area contributed by atoms with E-state index in [9.17, 15) is 19.2 Å². The number of nitrogens with zero attached hydrogens (tertiary/aromatic N) is 1. The lowest BCUT2D eigenvalue weighted by Gasteiger charge is -2.28. The number of fused-ring (bicyclic) bond motifs is 5. The summed E-state index contributed by atoms with van der Waals surface area (Å²) in [6.45, 7) is -0.404. The van der Waals surface area contributed by atoms with Crippen molar-refractivity contribution in [1.82, 2.24) is 0 Å². The van der Waals surface area contributed by atoms with Crippen LogP contribution >= 0.6 is 47.8 Å². The van der Waals surface area contributed by atoms with E-state index >= 15 is 0 Å². The molecule has 2 amide bonds. The van der Waals surface area contributed by atoms with Crippen LogP contribution in [0.2, 0.25) is 0 Å². The second-order valence-corrected chi connectivity index (χ2v) is 11.6. The number of anilines is 1. The molecule has 2 saturated carbocycles. The first kappa shape index (κ1) is 22.9. The summed E-state index contributed by atoms with van der Waals surface area (Å²) in [5.74, 6) is -1.88. The summed E-state index contributed by atoms with van der Waals surface area (Å²) in [6, 6.07) is 13.0. The van der Waals surface area contributed by atoms with E-state index in [2.05, 4.69) is 47.8 Å². The zero-order valence-corrected chi connectivity index (χ0v) is 21.9. The Labute approximate surface area is 215 Å². The van der Waals surface area contributed by atoms with Crippen LogP contribution < -0.4 is 4.90 Å². The zero-order chi connectivity index (χ0) is 23.4. The van der Waals surface area contributed by atoms with Crippen LogP contribution in [-0.2, 0) is 14.3 Å². The fourth-order valence-electron chi connectivity index (χ4n) is 5.31. The van der Waals surface area contributed by atoms with Gasteiger partial charge in [-0.2, -0.15) is 0 Å². The van der Waals surface area contributed by atoms with Gasteiger partial charge in [-0.05, 0) is 48.6 Å². The van der Waals surface area contributed by atoms with Gasteiger partial charge in [0, 0.05) is 19.7 Å². The number of carbonyl (C=O) groups excluding carboxylic acids is 4. The second-order valence-electron chi connectivity index (χ2n) is 8.57. The van der Waals surface area contributed by atoms with Crippen molar-refractivity contribution < 1.29 is 23.9 Å². The lowest BCUT2D eigenvalue weighted by Crippen LogP contribution is -2.37. The molecule has 6 nitrogen and oxygen atoms in total. The van der Waals surface area contributed by atoms with E-state index < -0.39 is 12.6 Å². The Balaban J connectivity index is 1.31. The van der Waals surface area contributed by atoms with Gasteiger partial charge in [-0.1, -0.05) is 66.0 Å². The molecule has 0 N–H and O–H groups in total. The molecule has 0 radical (unpaired) electrons. The number of imide groups is 1. The van der Waals surface area contributed by atoms with Crippen molar-refractivity contribution >= 4 is 77.0 Å². The predicted octanol–water partition coefficient (Wildman–Crippen LogP) is 4.77. The Kier molecular flexibility index (Phi) is 6.07. The molecule has 33 heavy (non-hydrogen) atoms. The summed E-state index contributed by atoms with van der Waals surface area (Å²) >= 11 is 10.7. The molecule has 5 rings (SSSR count). The van der Waals surface area contributed by atoms with Gasteiger partial charge >= 0.3 is 5.97 Å². The first-order chi connectivity index (χ1) is 15.8. The van der Waals surface area contributed by atoms with Gasteiger partial charge in [0.2, 0.25) is 11.8 Å². The van der Waals surface area contributed by atoms with Crippen LogP contribution in [0.15, 0.2) is 53.0 Å². The number of halogens is 3. The van der Waals surface area contributed by atoms with Gasteiger partial charge in [0.05, 0.1) is 23.1 Å². The highest BCUT2D eigenvalue weighted by atomic mass is 79.9. The first-order valence-electron chi connectivity index (χ1n) is 10.5. The van der Waals surface area contributed by atoms with Crippen molar-refractivity contribution in [2.75, 3.05) is 11.5 Å². The summed E-state index contributed by atoms with van der Waals surface area (Å²) in [4.78, 5) is 52.8. The monoisotopic (exact) mass is 637 g/mol. The van der Waals surface area contributed by atoms with E-state index in [0.29, 0.717) is 11.3 Å². The van der Waals surface area contributed by atoms with Gasteiger partial charge < -0.3 is 4.74 Å². The molecule has 9 heteroatoms. The first-order valence-corrected chi connectivity index (χ1v) is 13.1. The molecule has 2 bridgehead atoms. The fraction of sp³-hybridized carbons (Fsp3) is 0.333. The van der Waals surface area contributed by atoms with Crippen LogP contribution in [0.3, 0.4) is 0 Å². The quantitative estimate of drug-likeness (QED) is 0.204. The van der Waals surface area contributed by atoms with Crippen LogP contribution in [0.25, 0.3) is 0 Å². The normalized spacial score (nSPS) is 30.0. The maximum absolute atomic E-state index is 13.2. The van der Waals surface area contributed by atoms with E-state index in [0.717, 1.165) is 10.9 Å². The van der Waals surface area contributed by atoms with Crippen LogP contribution in [-0.4, -0.2) is 39.8 Å². The van der Waals surface area contributed by atoms with Crippen LogP contribution in [0, 0.1) is 23.7 Å². The molecule has 1 heterocycles. The molecule has 3 aliphatic rings. The third-order valence-corrected chi connectivity index (χ3v) is 10.6. The lowest BCUT2D eigenvalue weighted by atomic mass is 9.81. The Morgan fingerprint density at radius 3 is 2.12 bits per heavy atom. The number of ketones is 1. The largest absolute Gasteiger partial charge is 0.454 e. The molecule has 1 aliphatic heterocycles. The molecule has 2 aromatic rings. The predicted molar refractivity (Wildman–Crippen MR) is 132 cm³/mol. The molecule has 0 spiro atoms. The minimum Gasteiger partial charge on any atom is -0.454 e. The van der Waals surface area contributed by atoms with Gasteiger partial charge in [-0.15, -0.1) is 0 Å². The van der Waals surface area contributed by atoms with Gasteiger partial charge in [-0.25, -0.2) is 4.79 Å². The number of amides is 2. The minimum atomic E-state index is -0.692.